The Morgan fingerprint density at radius 1 is 1.41 bits per heavy atom. The molecular formula is C12H12F3O2. The third kappa shape index (κ3) is 3.12. The first-order valence-corrected chi connectivity index (χ1v) is 5.30. The largest absolute Gasteiger partial charge is 0.573 e. The summed E-state index contributed by atoms with van der Waals surface area (Å²) in [6.45, 7) is -0.00291. The average Bonchev–Trinajstić information content (AvgIpc) is 3.00. The zero-order valence-corrected chi connectivity index (χ0v) is 9.05. The van der Waals surface area contributed by atoms with Crippen LogP contribution < -0.4 is 4.74 Å². The van der Waals surface area contributed by atoms with E-state index in [1.807, 2.05) is 0 Å². The van der Waals surface area contributed by atoms with Gasteiger partial charge in [0.25, 0.3) is 0 Å². The molecule has 2 nitrogen and oxygen atoms in total. The number of aliphatic hydroxyl groups is 1. The Morgan fingerprint density at radius 2 is 2.12 bits per heavy atom. The summed E-state index contributed by atoms with van der Waals surface area (Å²) in [5.41, 5.74) is 0.220. The summed E-state index contributed by atoms with van der Waals surface area (Å²) >= 11 is 0. The summed E-state index contributed by atoms with van der Waals surface area (Å²) in [4.78, 5) is 0. The minimum atomic E-state index is -4.69. The van der Waals surface area contributed by atoms with Gasteiger partial charge in [0.1, 0.15) is 5.75 Å². The van der Waals surface area contributed by atoms with Gasteiger partial charge in [0, 0.05) is 6.61 Å². The molecule has 0 amide bonds. The van der Waals surface area contributed by atoms with Crippen LogP contribution in [0.25, 0.3) is 0 Å². The molecule has 1 fully saturated rings. The first kappa shape index (κ1) is 12.2. The van der Waals surface area contributed by atoms with Gasteiger partial charge in [0.2, 0.25) is 0 Å². The smallest absolute Gasteiger partial charge is 0.405 e. The van der Waals surface area contributed by atoms with E-state index in [-0.39, 0.29) is 17.8 Å². The van der Waals surface area contributed by atoms with Gasteiger partial charge in [0.05, 0.1) is 0 Å². The third-order valence-electron chi connectivity index (χ3n) is 3.00. The number of benzene rings is 1. The highest BCUT2D eigenvalue weighted by molar-refractivity contribution is 5.34. The van der Waals surface area contributed by atoms with Crippen LogP contribution in [0.15, 0.2) is 18.2 Å². The van der Waals surface area contributed by atoms with Crippen molar-refractivity contribution in [1.29, 1.82) is 0 Å². The lowest BCUT2D eigenvalue weighted by Crippen LogP contribution is -2.19. The fourth-order valence-corrected chi connectivity index (χ4v) is 1.78. The molecule has 0 saturated heterocycles. The van der Waals surface area contributed by atoms with Crippen molar-refractivity contribution in [2.45, 2.75) is 25.6 Å². The van der Waals surface area contributed by atoms with Gasteiger partial charge in [-0.25, -0.2) is 0 Å². The van der Waals surface area contributed by atoms with Crippen LogP contribution in [-0.2, 0) is 6.42 Å². The van der Waals surface area contributed by atoms with Crippen LogP contribution in [0.3, 0.4) is 0 Å². The van der Waals surface area contributed by atoms with Gasteiger partial charge < -0.3 is 9.84 Å². The average molecular weight is 245 g/mol. The highest BCUT2D eigenvalue weighted by Crippen LogP contribution is 2.49. The van der Waals surface area contributed by atoms with E-state index in [0.717, 1.165) is 12.8 Å². The summed E-state index contributed by atoms with van der Waals surface area (Å²) in [7, 11) is 0. The summed E-state index contributed by atoms with van der Waals surface area (Å²) < 4.78 is 40.4. The third-order valence-corrected chi connectivity index (χ3v) is 3.00. The van der Waals surface area contributed by atoms with Gasteiger partial charge in [-0.2, -0.15) is 0 Å². The molecule has 0 heterocycles. The molecule has 1 aromatic rings. The first-order chi connectivity index (χ1) is 7.94. The molecule has 0 aromatic heterocycles. The lowest BCUT2D eigenvalue weighted by atomic mass is 9.97. The fraction of sp³-hybridized carbons (Fsp3) is 0.500. The van der Waals surface area contributed by atoms with Crippen LogP contribution in [0, 0.1) is 11.5 Å². The van der Waals surface area contributed by atoms with Crippen molar-refractivity contribution in [3.63, 3.8) is 0 Å². The molecule has 0 bridgehead atoms. The van der Waals surface area contributed by atoms with E-state index in [1.165, 1.54) is 6.07 Å². The molecule has 0 atom stereocenters. The van der Waals surface area contributed by atoms with Gasteiger partial charge in [-0.1, -0.05) is 12.1 Å². The molecule has 0 unspecified atom stereocenters. The number of halogens is 3. The molecule has 1 saturated carbocycles. The van der Waals surface area contributed by atoms with Crippen LogP contribution in [0.2, 0.25) is 0 Å². The van der Waals surface area contributed by atoms with Crippen LogP contribution >= 0.6 is 0 Å². The molecule has 1 radical (unpaired) electrons. The number of ether oxygens (including phenoxy) is 1. The predicted molar refractivity (Wildman–Crippen MR) is 54.4 cm³/mol. The van der Waals surface area contributed by atoms with Gasteiger partial charge in [0.15, 0.2) is 0 Å². The topological polar surface area (TPSA) is 29.5 Å². The molecule has 93 valence electrons. The summed E-state index contributed by atoms with van der Waals surface area (Å²) in [5, 5.41) is 9.17. The summed E-state index contributed by atoms with van der Waals surface area (Å²) in [5.74, 6) is -0.222. The monoisotopic (exact) mass is 245 g/mol. The van der Waals surface area contributed by atoms with Gasteiger partial charge in [-0.15, -0.1) is 13.2 Å². The van der Waals surface area contributed by atoms with E-state index in [9.17, 15) is 18.3 Å². The van der Waals surface area contributed by atoms with Crippen LogP contribution in [0.5, 0.6) is 5.75 Å². The molecule has 1 aliphatic rings. The van der Waals surface area contributed by atoms with E-state index in [1.54, 1.807) is 12.1 Å². The summed E-state index contributed by atoms with van der Waals surface area (Å²) in [6, 6.07) is 6.84. The molecule has 0 aliphatic heterocycles. The van der Waals surface area contributed by atoms with Crippen molar-refractivity contribution in [3.05, 3.63) is 29.8 Å². The molecule has 5 heteroatoms. The molecule has 17 heavy (non-hydrogen) atoms. The SMILES string of the molecule is OCC1(Cc2cc[c]cc2OC(F)(F)F)CC1. The van der Waals surface area contributed by atoms with E-state index < -0.39 is 6.36 Å². The quantitative estimate of drug-likeness (QED) is 0.883. The van der Waals surface area contributed by atoms with Crippen LogP contribution in [0.1, 0.15) is 18.4 Å². The van der Waals surface area contributed by atoms with Gasteiger partial charge in [-0.3, -0.25) is 0 Å². The fourth-order valence-electron chi connectivity index (χ4n) is 1.78. The zero-order chi connectivity index (χ0) is 12.5. The maximum atomic E-state index is 12.2. The van der Waals surface area contributed by atoms with Crippen molar-refractivity contribution in [2.75, 3.05) is 6.61 Å². The number of alkyl halides is 3. The molecule has 1 aliphatic carbocycles. The Bertz CT molecular complexity index is 397. The van der Waals surface area contributed by atoms with Crippen molar-refractivity contribution in [3.8, 4) is 5.75 Å². The Morgan fingerprint density at radius 3 is 2.65 bits per heavy atom. The van der Waals surface area contributed by atoms with Crippen molar-refractivity contribution in [2.24, 2.45) is 5.41 Å². The molecular weight excluding hydrogens is 233 g/mol. The second-order valence-electron chi connectivity index (χ2n) is 4.42. The maximum Gasteiger partial charge on any atom is 0.573 e. The predicted octanol–water partition coefficient (Wildman–Crippen LogP) is 2.70. The lowest BCUT2D eigenvalue weighted by Gasteiger charge is -2.16. The van der Waals surface area contributed by atoms with Gasteiger partial charge >= 0.3 is 6.36 Å². The lowest BCUT2D eigenvalue weighted by molar-refractivity contribution is -0.274. The van der Waals surface area contributed by atoms with Crippen LogP contribution in [0.4, 0.5) is 13.2 Å². The standard InChI is InChI=1S/C12H12F3O2/c13-12(14,15)17-10-4-2-1-3-9(10)7-11(8-16)5-6-11/h1,3-4,16H,5-8H2. The highest BCUT2D eigenvalue weighted by atomic mass is 19.4. The van der Waals surface area contributed by atoms with Crippen molar-refractivity contribution < 1.29 is 23.0 Å². The Balaban J connectivity index is 2.16. The second-order valence-corrected chi connectivity index (χ2v) is 4.42. The van der Waals surface area contributed by atoms with E-state index in [0.29, 0.717) is 12.0 Å². The van der Waals surface area contributed by atoms with E-state index in [4.69, 9.17) is 0 Å². The molecule has 0 spiro atoms. The zero-order valence-electron chi connectivity index (χ0n) is 9.05. The van der Waals surface area contributed by atoms with Crippen molar-refractivity contribution >= 4 is 0 Å². The normalized spacial score (nSPS) is 17.9. The Kier molecular flexibility index (Phi) is 3.03. The summed E-state index contributed by atoms with van der Waals surface area (Å²) in [6.07, 6.45) is -2.61. The Labute approximate surface area is 97.0 Å². The number of hydrogen-bond donors (Lipinski definition) is 1. The number of aliphatic hydroxyl groups excluding tert-OH is 1. The first-order valence-electron chi connectivity index (χ1n) is 5.30. The molecule has 2 rings (SSSR count). The van der Waals surface area contributed by atoms with E-state index >= 15 is 0 Å². The Hall–Kier alpha value is -1.23. The van der Waals surface area contributed by atoms with E-state index in [2.05, 4.69) is 10.8 Å². The molecule has 1 N–H and O–H groups in total. The number of hydrogen-bond acceptors (Lipinski definition) is 2. The second kappa shape index (κ2) is 4.22. The minimum absolute atomic E-state index is 0.00291. The number of rotatable bonds is 4. The molecule has 1 aromatic carbocycles. The van der Waals surface area contributed by atoms with Crippen LogP contribution in [-0.4, -0.2) is 18.1 Å². The minimum Gasteiger partial charge on any atom is -0.405 e. The highest BCUT2D eigenvalue weighted by Gasteiger charge is 2.43. The van der Waals surface area contributed by atoms with Crippen molar-refractivity contribution in [1.82, 2.24) is 0 Å². The maximum absolute atomic E-state index is 12.2. The van der Waals surface area contributed by atoms with Gasteiger partial charge in [-0.05, 0) is 42.4 Å².